The van der Waals surface area contributed by atoms with Crippen LogP contribution in [0.3, 0.4) is 0 Å². The van der Waals surface area contributed by atoms with Crippen molar-refractivity contribution in [3.8, 4) is 0 Å². The third kappa shape index (κ3) is 6.14. The van der Waals surface area contributed by atoms with E-state index in [0.717, 1.165) is 30.6 Å². The van der Waals surface area contributed by atoms with Crippen molar-refractivity contribution in [2.45, 2.75) is 51.1 Å². The Morgan fingerprint density at radius 3 is 2.37 bits per heavy atom. The largest absolute Gasteiger partial charge is 0.351 e. The van der Waals surface area contributed by atoms with E-state index >= 15 is 4.39 Å². The Balaban J connectivity index is 1.76. The number of thiophene rings is 1. The number of halogens is 1. The molecule has 1 heterocycles. The van der Waals surface area contributed by atoms with Crippen molar-refractivity contribution in [3.05, 3.63) is 82.3 Å². The monoisotopic (exact) mass is 493 g/mol. The molecule has 4 rings (SSSR count). The number of carbonyl (C=O) groups excluding carboxylic acids is 3. The molecule has 3 aromatic rings. The van der Waals surface area contributed by atoms with Crippen molar-refractivity contribution in [2.75, 3.05) is 10.2 Å². The van der Waals surface area contributed by atoms with E-state index in [1.165, 1.54) is 29.2 Å². The molecule has 2 N–H and O–H groups in total. The van der Waals surface area contributed by atoms with Crippen LogP contribution in [0.15, 0.2) is 66.0 Å². The molecule has 0 aliphatic heterocycles. The van der Waals surface area contributed by atoms with Gasteiger partial charge in [0.05, 0.1) is 6.42 Å². The molecular weight excluding hydrogens is 465 g/mol. The van der Waals surface area contributed by atoms with Crippen molar-refractivity contribution in [3.63, 3.8) is 0 Å². The van der Waals surface area contributed by atoms with E-state index in [1.54, 1.807) is 42.5 Å². The fourth-order valence-electron chi connectivity index (χ4n) is 4.44. The maximum atomic E-state index is 15.1. The van der Waals surface area contributed by atoms with Gasteiger partial charge in [0.25, 0.3) is 0 Å². The van der Waals surface area contributed by atoms with Crippen LogP contribution in [-0.4, -0.2) is 23.8 Å². The molecule has 0 unspecified atom stereocenters. The van der Waals surface area contributed by atoms with Crippen molar-refractivity contribution in [1.29, 1.82) is 0 Å². The number of anilines is 2. The number of nitrogens with zero attached hydrogens (tertiary/aromatic N) is 1. The summed E-state index contributed by atoms with van der Waals surface area (Å²) in [6.45, 7) is 1.41. The lowest BCUT2D eigenvalue weighted by atomic mass is 10.0. The van der Waals surface area contributed by atoms with Crippen LogP contribution in [0.25, 0.3) is 0 Å². The van der Waals surface area contributed by atoms with Crippen LogP contribution in [0.2, 0.25) is 0 Å². The molecule has 182 valence electrons. The standard InChI is InChI=1S/C27H28FN3O3S/c1-18(32)29-20-12-14-21(15-13-20)31(25(33)17-22-9-6-16-35-22)26(23-10-4-5-11-24(23)28)27(34)30-19-7-2-3-8-19/h4-6,9-16,19,26H,2-3,7-8,17H2,1H3,(H,29,32)(H,30,34)/t26-/m0/s1. The van der Waals surface area contributed by atoms with Crippen molar-refractivity contribution in [2.24, 2.45) is 0 Å². The first-order valence-corrected chi connectivity index (χ1v) is 12.6. The van der Waals surface area contributed by atoms with Gasteiger partial charge in [0, 0.05) is 34.8 Å². The van der Waals surface area contributed by atoms with Crippen LogP contribution in [0.4, 0.5) is 15.8 Å². The Kier molecular flexibility index (Phi) is 7.92. The lowest BCUT2D eigenvalue weighted by Crippen LogP contribution is -2.47. The number of benzene rings is 2. The van der Waals surface area contributed by atoms with E-state index in [9.17, 15) is 14.4 Å². The zero-order chi connectivity index (χ0) is 24.8. The molecule has 35 heavy (non-hydrogen) atoms. The molecule has 1 aromatic heterocycles. The minimum atomic E-state index is -1.18. The molecule has 8 heteroatoms. The highest BCUT2D eigenvalue weighted by Crippen LogP contribution is 2.32. The second-order valence-electron chi connectivity index (χ2n) is 8.66. The summed E-state index contributed by atoms with van der Waals surface area (Å²) in [6, 6.07) is 15.3. The van der Waals surface area contributed by atoms with Gasteiger partial charge < -0.3 is 10.6 Å². The lowest BCUT2D eigenvalue weighted by molar-refractivity contribution is -0.127. The Labute approximate surface area is 208 Å². The summed E-state index contributed by atoms with van der Waals surface area (Å²) in [7, 11) is 0. The van der Waals surface area contributed by atoms with Crippen LogP contribution in [0.1, 0.15) is 49.1 Å². The number of amides is 3. The molecule has 1 aliphatic carbocycles. The summed E-state index contributed by atoms with van der Waals surface area (Å²) in [6.07, 6.45) is 3.86. The van der Waals surface area contributed by atoms with Crippen molar-refractivity contribution in [1.82, 2.24) is 5.32 Å². The zero-order valence-electron chi connectivity index (χ0n) is 19.5. The average Bonchev–Trinajstić information content (AvgIpc) is 3.53. The number of hydrogen-bond donors (Lipinski definition) is 2. The lowest BCUT2D eigenvalue weighted by Gasteiger charge is -2.32. The van der Waals surface area contributed by atoms with Gasteiger partial charge in [0.15, 0.2) is 0 Å². The number of rotatable bonds is 8. The summed E-state index contributed by atoms with van der Waals surface area (Å²) < 4.78 is 15.1. The van der Waals surface area contributed by atoms with Gasteiger partial charge in [-0.25, -0.2) is 4.39 Å². The second kappa shape index (κ2) is 11.3. The van der Waals surface area contributed by atoms with Crippen LogP contribution in [-0.2, 0) is 20.8 Å². The first-order valence-electron chi connectivity index (χ1n) is 11.7. The van der Waals surface area contributed by atoms with Gasteiger partial charge >= 0.3 is 0 Å². The van der Waals surface area contributed by atoms with Crippen molar-refractivity contribution >= 4 is 40.4 Å². The zero-order valence-corrected chi connectivity index (χ0v) is 20.3. The molecule has 1 atom stereocenters. The first-order chi connectivity index (χ1) is 16.9. The molecule has 1 fully saturated rings. The summed E-state index contributed by atoms with van der Waals surface area (Å²) in [4.78, 5) is 41.0. The molecule has 6 nitrogen and oxygen atoms in total. The third-order valence-electron chi connectivity index (χ3n) is 6.05. The van der Waals surface area contributed by atoms with Gasteiger partial charge in [0.1, 0.15) is 11.9 Å². The SMILES string of the molecule is CC(=O)Nc1ccc(N(C(=O)Cc2cccs2)[C@H](C(=O)NC2CCCC2)c2ccccc2F)cc1. The molecule has 0 radical (unpaired) electrons. The van der Waals surface area contributed by atoms with Gasteiger partial charge in [0.2, 0.25) is 17.7 Å². The summed E-state index contributed by atoms with van der Waals surface area (Å²) in [5, 5.41) is 7.64. The van der Waals surface area contributed by atoms with Gasteiger partial charge in [-0.1, -0.05) is 37.1 Å². The molecular formula is C27H28FN3O3S. The van der Waals surface area contributed by atoms with Gasteiger partial charge in [-0.2, -0.15) is 0 Å². The second-order valence-corrected chi connectivity index (χ2v) is 9.69. The average molecular weight is 494 g/mol. The minimum absolute atomic E-state index is 0.00756. The highest BCUT2D eigenvalue weighted by molar-refractivity contribution is 7.10. The number of carbonyl (C=O) groups is 3. The third-order valence-corrected chi connectivity index (χ3v) is 6.92. The molecule has 0 bridgehead atoms. The molecule has 0 saturated heterocycles. The highest BCUT2D eigenvalue weighted by atomic mass is 32.1. The van der Waals surface area contributed by atoms with E-state index in [2.05, 4.69) is 10.6 Å². The van der Waals surface area contributed by atoms with Crippen LogP contribution >= 0.6 is 11.3 Å². The van der Waals surface area contributed by atoms with Gasteiger partial charge in [-0.15, -0.1) is 11.3 Å². The van der Waals surface area contributed by atoms with Gasteiger partial charge in [-0.05, 0) is 54.6 Å². The quantitative estimate of drug-likeness (QED) is 0.452. The predicted molar refractivity (Wildman–Crippen MR) is 136 cm³/mol. The number of hydrogen-bond acceptors (Lipinski definition) is 4. The number of nitrogens with one attached hydrogen (secondary N) is 2. The topological polar surface area (TPSA) is 78.5 Å². The van der Waals surface area contributed by atoms with Crippen LogP contribution in [0, 0.1) is 5.82 Å². The van der Waals surface area contributed by atoms with E-state index in [1.807, 2.05) is 17.5 Å². The maximum Gasteiger partial charge on any atom is 0.248 e. The van der Waals surface area contributed by atoms with E-state index in [0.29, 0.717) is 11.4 Å². The Hall–Kier alpha value is -3.52. The molecule has 0 spiro atoms. The molecule has 3 amide bonds. The fraction of sp³-hybridized carbons (Fsp3) is 0.296. The fourth-order valence-corrected chi connectivity index (χ4v) is 5.13. The summed E-state index contributed by atoms with van der Waals surface area (Å²) in [5.74, 6) is -1.51. The van der Waals surface area contributed by atoms with Crippen molar-refractivity contribution < 1.29 is 18.8 Å². The molecule has 2 aromatic carbocycles. The van der Waals surface area contributed by atoms with E-state index in [4.69, 9.17) is 0 Å². The molecule has 1 saturated carbocycles. The Morgan fingerprint density at radius 2 is 1.74 bits per heavy atom. The predicted octanol–water partition coefficient (Wildman–Crippen LogP) is 5.22. The first kappa shape index (κ1) is 24.6. The van der Waals surface area contributed by atoms with E-state index in [-0.39, 0.29) is 29.8 Å². The summed E-state index contributed by atoms with van der Waals surface area (Å²) >= 11 is 1.45. The summed E-state index contributed by atoms with van der Waals surface area (Å²) in [5.41, 5.74) is 1.13. The smallest absolute Gasteiger partial charge is 0.248 e. The molecule has 1 aliphatic rings. The Morgan fingerprint density at radius 1 is 1.03 bits per heavy atom. The van der Waals surface area contributed by atoms with Gasteiger partial charge in [-0.3, -0.25) is 19.3 Å². The van der Waals surface area contributed by atoms with E-state index < -0.39 is 17.8 Å². The maximum absolute atomic E-state index is 15.1. The van der Waals surface area contributed by atoms with Crippen LogP contribution < -0.4 is 15.5 Å². The Bertz CT molecular complexity index is 1170. The highest BCUT2D eigenvalue weighted by Gasteiger charge is 2.35. The van der Waals surface area contributed by atoms with Crippen LogP contribution in [0.5, 0.6) is 0 Å². The minimum Gasteiger partial charge on any atom is -0.351 e. The normalized spacial score (nSPS) is 14.3.